The van der Waals surface area contributed by atoms with Gasteiger partial charge < -0.3 is 14.7 Å². The number of aromatic nitrogens is 1. The number of hydrogen-bond donors (Lipinski definition) is 1. The molecule has 4 rings (SSSR count). The molecule has 1 saturated heterocycles. The van der Waals surface area contributed by atoms with Crippen LogP contribution >= 0.6 is 0 Å². The summed E-state index contributed by atoms with van der Waals surface area (Å²) in [6, 6.07) is 18.8. The zero-order valence-electron chi connectivity index (χ0n) is 16.4. The van der Waals surface area contributed by atoms with Gasteiger partial charge in [0.25, 0.3) is 11.7 Å². The summed E-state index contributed by atoms with van der Waals surface area (Å²) in [4.78, 5) is 31.4. The van der Waals surface area contributed by atoms with E-state index in [1.807, 2.05) is 18.2 Å². The van der Waals surface area contributed by atoms with Gasteiger partial charge in [0, 0.05) is 24.5 Å². The highest BCUT2D eigenvalue weighted by molar-refractivity contribution is 6.46. The average molecular weight is 400 g/mol. The number of methoxy groups -OCH3 is 1. The van der Waals surface area contributed by atoms with Crippen LogP contribution in [0.1, 0.15) is 22.7 Å². The fourth-order valence-corrected chi connectivity index (χ4v) is 3.61. The maximum absolute atomic E-state index is 13.0. The van der Waals surface area contributed by atoms with Crippen molar-refractivity contribution < 1.29 is 19.4 Å². The molecule has 1 aromatic heterocycles. The van der Waals surface area contributed by atoms with E-state index in [9.17, 15) is 14.7 Å². The number of carbonyl (C=O) groups excluding carboxylic acids is 2. The van der Waals surface area contributed by atoms with Gasteiger partial charge in [0.1, 0.15) is 11.5 Å². The van der Waals surface area contributed by atoms with Gasteiger partial charge in [-0.05, 0) is 35.4 Å². The van der Waals surface area contributed by atoms with Crippen molar-refractivity contribution in [1.29, 1.82) is 0 Å². The SMILES string of the molecule is COc1ccc(CN2C(=O)C(=O)/C(=C(\O)c3ccccc3)C2c2ccncc2)cc1. The maximum Gasteiger partial charge on any atom is 0.295 e. The number of amides is 1. The van der Waals surface area contributed by atoms with Crippen molar-refractivity contribution in [3.05, 3.63) is 101 Å². The predicted molar refractivity (Wildman–Crippen MR) is 112 cm³/mol. The van der Waals surface area contributed by atoms with E-state index in [-0.39, 0.29) is 17.9 Å². The number of carbonyl (C=O) groups is 2. The summed E-state index contributed by atoms with van der Waals surface area (Å²) in [7, 11) is 1.58. The number of hydrogen-bond acceptors (Lipinski definition) is 5. The number of benzene rings is 2. The number of nitrogens with zero attached hydrogens (tertiary/aromatic N) is 2. The highest BCUT2D eigenvalue weighted by Gasteiger charge is 2.46. The molecular weight excluding hydrogens is 380 g/mol. The Labute approximate surface area is 174 Å². The van der Waals surface area contributed by atoms with Crippen molar-refractivity contribution in [2.24, 2.45) is 0 Å². The van der Waals surface area contributed by atoms with Crippen LogP contribution in [0.3, 0.4) is 0 Å². The van der Waals surface area contributed by atoms with E-state index in [2.05, 4.69) is 4.98 Å². The highest BCUT2D eigenvalue weighted by Crippen LogP contribution is 2.40. The first-order valence-electron chi connectivity index (χ1n) is 9.47. The summed E-state index contributed by atoms with van der Waals surface area (Å²) >= 11 is 0. The summed E-state index contributed by atoms with van der Waals surface area (Å²) in [6.45, 7) is 0.215. The van der Waals surface area contributed by atoms with E-state index >= 15 is 0 Å². The van der Waals surface area contributed by atoms with Crippen LogP contribution in [0.15, 0.2) is 84.7 Å². The monoisotopic (exact) mass is 400 g/mol. The maximum atomic E-state index is 13.0. The molecule has 0 spiro atoms. The van der Waals surface area contributed by atoms with Gasteiger partial charge in [-0.25, -0.2) is 0 Å². The molecule has 1 aliphatic heterocycles. The Hall–Kier alpha value is -3.93. The lowest BCUT2D eigenvalue weighted by Crippen LogP contribution is -2.29. The fourth-order valence-electron chi connectivity index (χ4n) is 3.61. The first-order chi connectivity index (χ1) is 14.6. The smallest absolute Gasteiger partial charge is 0.295 e. The molecule has 6 heteroatoms. The number of rotatable bonds is 5. The number of likely N-dealkylation sites (tertiary alicyclic amines) is 1. The van der Waals surface area contributed by atoms with Gasteiger partial charge >= 0.3 is 0 Å². The second-order valence-electron chi connectivity index (χ2n) is 6.92. The average Bonchev–Trinajstić information content (AvgIpc) is 3.05. The van der Waals surface area contributed by atoms with E-state index in [4.69, 9.17) is 4.74 Å². The Morgan fingerprint density at radius 1 is 1.00 bits per heavy atom. The van der Waals surface area contributed by atoms with Crippen molar-refractivity contribution in [3.63, 3.8) is 0 Å². The molecule has 6 nitrogen and oxygen atoms in total. The van der Waals surface area contributed by atoms with Crippen molar-refractivity contribution in [2.75, 3.05) is 7.11 Å². The number of pyridine rings is 1. The lowest BCUT2D eigenvalue weighted by atomic mass is 9.96. The van der Waals surface area contributed by atoms with Crippen LogP contribution in [0.25, 0.3) is 5.76 Å². The minimum atomic E-state index is -0.713. The van der Waals surface area contributed by atoms with Crippen LogP contribution in [-0.2, 0) is 16.1 Å². The molecule has 30 heavy (non-hydrogen) atoms. The van der Waals surface area contributed by atoms with Crippen molar-refractivity contribution in [1.82, 2.24) is 9.88 Å². The Bertz CT molecular complexity index is 1090. The van der Waals surface area contributed by atoms with E-state index in [0.717, 1.165) is 5.56 Å². The molecule has 3 aromatic rings. The Balaban J connectivity index is 1.81. The zero-order valence-corrected chi connectivity index (χ0v) is 16.4. The molecule has 2 heterocycles. The van der Waals surface area contributed by atoms with Gasteiger partial charge in [0.05, 0.1) is 18.7 Å². The third kappa shape index (κ3) is 3.55. The largest absolute Gasteiger partial charge is 0.507 e. The van der Waals surface area contributed by atoms with Gasteiger partial charge in [-0.2, -0.15) is 0 Å². The molecule has 1 N–H and O–H groups in total. The van der Waals surface area contributed by atoms with Gasteiger partial charge in [-0.15, -0.1) is 0 Å². The molecule has 0 aliphatic carbocycles. The number of ketones is 1. The molecule has 0 saturated carbocycles. The van der Waals surface area contributed by atoms with Gasteiger partial charge in [0.2, 0.25) is 0 Å². The molecule has 0 bridgehead atoms. The summed E-state index contributed by atoms with van der Waals surface area (Å²) < 4.78 is 5.18. The van der Waals surface area contributed by atoms with Crippen molar-refractivity contribution in [3.8, 4) is 5.75 Å². The van der Waals surface area contributed by atoms with Gasteiger partial charge in [0.15, 0.2) is 0 Å². The van der Waals surface area contributed by atoms with E-state index < -0.39 is 17.7 Å². The number of ether oxygens (including phenoxy) is 1. The number of aliphatic hydroxyl groups is 1. The fraction of sp³-hybridized carbons (Fsp3) is 0.125. The summed E-state index contributed by atoms with van der Waals surface area (Å²) in [5.41, 5.74) is 2.11. The summed E-state index contributed by atoms with van der Waals surface area (Å²) in [5.74, 6) is -0.833. The van der Waals surface area contributed by atoms with E-state index in [0.29, 0.717) is 16.9 Å². The summed E-state index contributed by atoms with van der Waals surface area (Å²) in [6.07, 6.45) is 3.21. The van der Waals surface area contributed by atoms with E-state index in [1.54, 1.807) is 68.0 Å². The molecule has 1 atom stereocenters. The molecular formula is C24H20N2O4. The predicted octanol–water partition coefficient (Wildman–Crippen LogP) is 3.71. The molecule has 1 unspecified atom stereocenters. The normalized spacial score (nSPS) is 17.9. The van der Waals surface area contributed by atoms with Crippen LogP contribution < -0.4 is 4.74 Å². The van der Waals surface area contributed by atoms with Crippen molar-refractivity contribution >= 4 is 17.4 Å². The third-order valence-electron chi connectivity index (χ3n) is 5.12. The molecule has 1 aliphatic rings. The highest BCUT2D eigenvalue weighted by atomic mass is 16.5. The van der Waals surface area contributed by atoms with Gasteiger partial charge in [-0.1, -0.05) is 42.5 Å². The standard InChI is InChI=1S/C24H20N2O4/c1-30-19-9-7-16(8-10-19)15-26-21(17-11-13-25-14-12-17)20(23(28)24(26)29)22(27)18-5-3-2-4-6-18/h2-14,21,27H,15H2,1H3/b22-20-. The first-order valence-corrected chi connectivity index (χ1v) is 9.47. The van der Waals surface area contributed by atoms with Crippen LogP contribution in [0.5, 0.6) is 5.75 Å². The van der Waals surface area contributed by atoms with Crippen molar-refractivity contribution in [2.45, 2.75) is 12.6 Å². The lowest BCUT2D eigenvalue weighted by Gasteiger charge is -2.25. The molecule has 150 valence electrons. The second-order valence-corrected chi connectivity index (χ2v) is 6.92. The zero-order chi connectivity index (χ0) is 21.1. The van der Waals surface area contributed by atoms with Crippen LogP contribution in [0, 0.1) is 0 Å². The minimum absolute atomic E-state index is 0.0749. The number of Topliss-reactive ketones (excluding diaryl/α,β-unsaturated/α-hetero) is 1. The molecule has 1 amide bonds. The molecule has 0 radical (unpaired) electrons. The minimum Gasteiger partial charge on any atom is -0.507 e. The van der Waals surface area contributed by atoms with Crippen LogP contribution in [0.2, 0.25) is 0 Å². The van der Waals surface area contributed by atoms with Gasteiger partial charge in [-0.3, -0.25) is 14.6 Å². The second kappa shape index (κ2) is 8.21. The Kier molecular flexibility index (Phi) is 5.30. The topological polar surface area (TPSA) is 79.7 Å². The Morgan fingerprint density at radius 2 is 1.67 bits per heavy atom. The molecule has 2 aromatic carbocycles. The Morgan fingerprint density at radius 3 is 2.30 bits per heavy atom. The quantitative estimate of drug-likeness (QED) is 0.401. The van der Waals surface area contributed by atoms with Crippen LogP contribution in [0.4, 0.5) is 0 Å². The first kappa shape index (κ1) is 19.4. The number of aliphatic hydroxyl groups excluding tert-OH is 1. The molecule has 1 fully saturated rings. The van der Waals surface area contributed by atoms with Crippen LogP contribution in [-0.4, -0.2) is 33.8 Å². The third-order valence-corrected chi connectivity index (χ3v) is 5.12. The van der Waals surface area contributed by atoms with E-state index in [1.165, 1.54) is 4.90 Å². The summed E-state index contributed by atoms with van der Waals surface area (Å²) in [5, 5.41) is 10.9. The lowest BCUT2D eigenvalue weighted by molar-refractivity contribution is -0.140.